The average Bonchev–Trinajstić information content (AvgIpc) is 2.80. The Kier molecular flexibility index (Phi) is 11.2. The quantitative estimate of drug-likeness (QED) is 0.384. The molecule has 11 heteroatoms. The van der Waals surface area contributed by atoms with E-state index in [1.54, 1.807) is 4.90 Å². The van der Waals surface area contributed by atoms with Crippen LogP contribution in [-0.4, -0.2) is 61.4 Å². The first-order chi connectivity index (χ1) is 16.3. The molecule has 0 radical (unpaired) electrons. The van der Waals surface area contributed by atoms with Gasteiger partial charge in [-0.1, -0.05) is 32.0 Å². The Bertz CT molecular complexity index is 978. The second-order valence-corrected chi connectivity index (χ2v) is 10.4. The minimum atomic E-state index is -1.21. The number of para-hydroxylation sites is 1. The Morgan fingerprint density at radius 1 is 1.28 bits per heavy atom. The van der Waals surface area contributed by atoms with Crippen LogP contribution in [0.15, 0.2) is 24.3 Å². The monoisotopic (exact) mass is 523 g/mol. The van der Waals surface area contributed by atoms with Crippen LogP contribution in [0, 0.1) is 22.2 Å². The lowest BCUT2D eigenvalue weighted by atomic mass is 9.80. The number of hydrogen-bond donors (Lipinski definition) is 4. The summed E-state index contributed by atoms with van der Waals surface area (Å²) in [6.07, 6.45) is -0.499. The van der Waals surface area contributed by atoms with Gasteiger partial charge in [-0.2, -0.15) is 5.26 Å². The normalized spacial score (nSPS) is 16.9. The number of benzene rings is 1. The second kappa shape index (κ2) is 12.9. The number of ether oxygens (including phenoxy) is 1. The highest BCUT2D eigenvalue weighted by atomic mass is 35.5. The molecule has 1 aromatic carbocycles. The number of nitrogens with one attached hydrogen (secondary N) is 2. The van der Waals surface area contributed by atoms with E-state index in [9.17, 15) is 19.5 Å². The lowest BCUT2D eigenvalue weighted by Crippen LogP contribution is -2.51. The van der Waals surface area contributed by atoms with Crippen LogP contribution in [0.2, 0.25) is 0 Å². The molecule has 2 rings (SSSR count). The number of carbonyl (C=O) groups excluding carboxylic acids is 3. The maximum Gasteiger partial charge on any atom is 0.407 e. The summed E-state index contributed by atoms with van der Waals surface area (Å²) >= 11 is 0. The van der Waals surface area contributed by atoms with Gasteiger partial charge in [0, 0.05) is 31.2 Å². The number of amides is 3. The van der Waals surface area contributed by atoms with Crippen molar-refractivity contribution in [2.24, 2.45) is 16.6 Å². The van der Waals surface area contributed by atoms with Gasteiger partial charge in [0.2, 0.25) is 11.8 Å². The van der Waals surface area contributed by atoms with Gasteiger partial charge < -0.3 is 31.1 Å². The zero-order valence-electron chi connectivity index (χ0n) is 21.5. The Balaban J connectivity index is 0.00000648. The van der Waals surface area contributed by atoms with Crippen molar-refractivity contribution in [2.75, 3.05) is 25.1 Å². The molecule has 1 aromatic rings. The number of aliphatic hydroxyl groups excluding tert-OH is 1. The van der Waals surface area contributed by atoms with E-state index in [1.807, 2.05) is 44.2 Å². The van der Waals surface area contributed by atoms with Crippen LogP contribution in [0.3, 0.4) is 0 Å². The van der Waals surface area contributed by atoms with E-state index in [0.717, 1.165) is 11.3 Å². The second-order valence-electron chi connectivity index (χ2n) is 10.4. The highest BCUT2D eigenvalue weighted by molar-refractivity contribution is 5.95. The highest BCUT2D eigenvalue weighted by Gasteiger charge is 2.34. The topological polar surface area (TPSA) is 158 Å². The van der Waals surface area contributed by atoms with Gasteiger partial charge in [-0.15, -0.1) is 12.4 Å². The number of methoxy groups -OCH3 is 1. The third-order valence-corrected chi connectivity index (χ3v) is 6.19. The van der Waals surface area contributed by atoms with Crippen LogP contribution in [0.4, 0.5) is 10.5 Å². The minimum absolute atomic E-state index is 0. The summed E-state index contributed by atoms with van der Waals surface area (Å²) in [5, 5.41) is 24.8. The number of rotatable bonds is 9. The summed E-state index contributed by atoms with van der Waals surface area (Å²) in [6, 6.07) is 8.51. The largest absolute Gasteiger partial charge is 0.453 e. The summed E-state index contributed by atoms with van der Waals surface area (Å²) in [5.41, 5.74) is 6.21. The molecule has 3 atom stereocenters. The first kappa shape index (κ1) is 31.2. The molecule has 10 nitrogen and oxygen atoms in total. The lowest BCUT2D eigenvalue weighted by molar-refractivity contribution is -0.127. The molecule has 1 aliphatic rings. The van der Waals surface area contributed by atoms with Crippen molar-refractivity contribution in [3.63, 3.8) is 0 Å². The number of fused-ring (bicyclic) bond motifs is 1. The molecular weight excluding hydrogens is 486 g/mol. The van der Waals surface area contributed by atoms with Crippen LogP contribution in [0.5, 0.6) is 0 Å². The average molecular weight is 524 g/mol. The van der Waals surface area contributed by atoms with Crippen molar-refractivity contribution in [3.05, 3.63) is 29.8 Å². The van der Waals surface area contributed by atoms with E-state index in [4.69, 9.17) is 15.7 Å². The van der Waals surface area contributed by atoms with Crippen LogP contribution < -0.4 is 21.3 Å². The fourth-order valence-corrected chi connectivity index (χ4v) is 4.13. The number of carbonyl (C=O) groups is 3. The molecule has 3 amide bonds. The van der Waals surface area contributed by atoms with Gasteiger partial charge >= 0.3 is 6.09 Å². The van der Waals surface area contributed by atoms with Crippen LogP contribution in [0.1, 0.15) is 46.1 Å². The fraction of sp³-hybridized carbons (Fsp3) is 0.600. The smallest absolute Gasteiger partial charge is 0.407 e. The molecule has 36 heavy (non-hydrogen) atoms. The number of nitrogens with zero attached hydrogens (tertiary/aromatic N) is 2. The van der Waals surface area contributed by atoms with Gasteiger partial charge in [-0.05, 0) is 43.7 Å². The third-order valence-electron chi connectivity index (χ3n) is 6.19. The van der Waals surface area contributed by atoms with Gasteiger partial charge in [0.05, 0.1) is 25.3 Å². The van der Waals surface area contributed by atoms with Crippen LogP contribution >= 0.6 is 12.4 Å². The Morgan fingerprint density at radius 2 is 1.92 bits per heavy atom. The number of nitriles is 1. The van der Waals surface area contributed by atoms with Gasteiger partial charge in [0.25, 0.3) is 0 Å². The Morgan fingerprint density at radius 3 is 2.53 bits per heavy atom. The molecule has 5 N–H and O–H groups in total. The molecular formula is C25H38ClN5O5. The summed E-state index contributed by atoms with van der Waals surface area (Å²) in [6.45, 7) is 7.01. The maximum atomic E-state index is 13.4. The number of alkyl carbamates (subject to hydrolysis) is 1. The summed E-state index contributed by atoms with van der Waals surface area (Å²) in [5.74, 6) is -0.607. The number of aliphatic hydroxyl groups is 1. The minimum Gasteiger partial charge on any atom is -0.453 e. The molecule has 1 heterocycles. The first-order valence-electron chi connectivity index (χ1n) is 11.7. The van der Waals surface area contributed by atoms with Crippen molar-refractivity contribution in [2.45, 2.75) is 65.1 Å². The Labute approximate surface area is 218 Å². The third kappa shape index (κ3) is 8.36. The summed E-state index contributed by atoms with van der Waals surface area (Å²) in [4.78, 5) is 38.9. The standard InChI is InChI=1S/C25H37N5O5.ClH/c1-24(2,11-18(27)20(31)13-28-22(33)25(3,4)15-26)12-21(32)30-14-17(29-23(34)35-5)10-16-8-6-7-9-19(16)30;/h6-9,17-18,20,31H,10-14,27H2,1-5H3,(H,28,33)(H,29,34);1H/t17?,18-,20-;/m0./s1. The molecule has 0 aromatic heterocycles. The van der Waals surface area contributed by atoms with Crippen LogP contribution in [0.25, 0.3) is 0 Å². The van der Waals surface area contributed by atoms with Crippen molar-refractivity contribution in [3.8, 4) is 6.07 Å². The summed E-state index contributed by atoms with van der Waals surface area (Å²) < 4.78 is 4.71. The van der Waals surface area contributed by atoms with Gasteiger partial charge in [0.1, 0.15) is 5.41 Å². The highest BCUT2D eigenvalue weighted by Crippen LogP contribution is 2.32. The molecule has 0 fully saturated rings. The van der Waals surface area contributed by atoms with Crippen LogP contribution in [-0.2, 0) is 20.7 Å². The predicted octanol–water partition coefficient (Wildman–Crippen LogP) is 1.88. The molecule has 0 saturated carbocycles. The van der Waals surface area contributed by atoms with E-state index >= 15 is 0 Å². The number of nitrogens with two attached hydrogens (primary N) is 1. The van der Waals surface area contributed by atoms with Gasteiger partial charge in [-0.25, -0.2) is 4.79 Å². The number of hydrogen-bond acceptors (Lipinski definition) is 7. The van der Waals surface area contributed by atoms with E-state index in [-0.39, 0.29) is 37.3 Å². The fourth-order valence-electron chi connectivity index (χ4n) is 4.13. The predicted molar refractivity (Wildman–Crippen MR) is 138 cm³/mol. The van der Waals surface area contributed by atoms with Crippen molar-refractivity contribution >= 4 is 36.0 Å². The van der Waals surface area contributed by atoms with Crippen molar-refractivity contribution < 1.29 is 24.2 Å². The SMILES string of the molecule is COC(=O)NC1Cc2ccccc2N(C(=O)CC(C)(C)C[C@H](N)[C@@H](O)CNC(=O)C(C)(C)C#N)C1.Cl. The van der Waals surface area contributed by atoms with E-state index in [0.29, 0.717) is 19.4 Å². The summed E-state index contributed by atoms with van der Waals surface area (Å²) in [7, 11) is 1.30. The number of anilines is 1. The van der Waals surface area contributed by atoms with Gasteiger partial charge in [0.15, 0.2) is 0 Å². The molecule has 0 saturated heterocycles. The molecule has 200 valence electrons. The maximum absolute atomic E-state index is 13.4. The van der Waals surface area contributed by atoms with E-state index < -0.39 is 35.0 Å². The Hall–Kier alpha value is -2.87. The van der Waals surface area contributed by atoms with E-state index in [2.05, 4.69) is 10.6 Å². The van der Waals surface area contributed by atoms with Crippen molar-refractivity contribution in [1.82, 2.24) is 10.6 Å². The zero-order chi connectivity index (χ0) is 26.4. The number of halogens is 1. The first-order valence-corrected chi connectivity index (χ1v) is 11.7. The molecule has 0 aliphatic carbocycles. The van der Waals surface area contributed by atoms with Gasteiger partial charge in [-0.3, -0.25) is 9.59 Å². The molecule has 0 spiro atoms. The molecule has 0 bridgehead atoms. The molecule has 1 aliphatic heterocycles. The zero-order valence-corrected chi connectivity index (χ0v) is 22.4. The van der Waals surface area contributed by atoms with Crippen molar-refractivity contribution in [1.29, 1.82) is 5.26 Å². The van der Waals surface area contributed by atoms with E-state index in [1.165, 1.54) is 21.0 Å². The molecule has 1 unspecified atom stereocenters. The lowest BCUT2D eigenvalue weighted by Gasteiger charge is -2.37.